The van der Waals surface area contributed by atoms with Crippen LogP contribution in [0.4, 0.5) is 0 Å². The molecule has 3 nitrogen and oxygen atoms in total. The molecule has 0 bridgehead atoms. The lowest BCUT2D eigenvalue weighted by molar-refractivity contribution is 0.492. The van der Waals surface area contributed by atoms with Gasteiger partial charge in [-0.1, -0.05) is 34.5 Å². The second kappa shape index (κ2) is 8.37. The molecular formula is C14H21BrClNO2S. The van der Waals surface area contributed by atoms with E-state index < -0.39 is 9.84 Å². The lowest BCUT2D eigenvalue weighted by atomic mass is 10.0. The molecule has 0 aliphatic rings. The Morgan fingerprint density at radius 3 is 2.70 bits per heavy atom. The van der Waals surface area contributed by atoms with Crippen LogP contribution < -0.4 is 5.32 Å². The Balaban J connectivity index is 2.80. The number of benzene rings is 1. The SMILES string of the molecule is CCCNC(CCCS(C)(=O)=O)c1cc(Br)ccc1Cl. The van der Waals surface area contributed by atoms with Gasteiger partial charge in [0, 0.05) is 27.5 Å². The van der Waals surface area contributed by atoms with Crippen LogP contribution in [-0.4, -0.2) is 27.0 Å². The minimum Gasteiger partial charge on any atom is -0.310 e. The minimum atomic E-state index is -2.91. The summed E-state index contributed by atoms with van der Waals surface area (Å²) in [6.45, 7) is 2.98. The van der Waals surface area contributed by atoms with Gasteiger partial charge in [0.05, 0.1) is 0 Å². The topological polar surface area (TPSA) is 46.2 Å². The second-order valence-corrected chi connectivity index (χ2v) is 8.53. The van der Waals surface area contributed by atoms with Crippen molar-refractivity contribution < 1.29 is 8.42 Å². The predicted octanol–water partition coefficient (Wildman–Crippen LogP) is 3.97. The van der Waals surface area contributed by atoms with Gasteiger partial charge in [0.1, 0.15) is 9.84 Å². The zero-order valence-corrected chi connectivity index (χ0v) is 15.0. The number of rotatable bonds is 8. The molecule has 0 saturated carbocycles. The van der Waals surface area contributed by atoms with Gasteiger partial charge in [-0.3, -0.25) is 0 Å². The minimum absolute atomic E-state index is 0.0849. The normalized spacial score (nSPS) is 13.4. The molecule has 0 fully saturated rings. The summed E-state index contributed by atoms with van der Waals surface area (Å²) in [7, 11) is -2.91. The van der Waals surface area contributed by atoms with Gasteiger partial charge in [0.25, 0.3) is 0 Å². The van der Waals surface area contributed by atoms with Crippen LogP contribution in [0.3, 0.4) is 0 Å². The van der Waals surface area contributed by atoms with Crippen LogP contribution in [-0.2, 0) is 9.84 Å². The Kier molecular flexibility index (Phi) is 7.51. The van der Waals surface area contributed by atoms with Gasteiger partial charge in [0.2, 0.25) is 0 Å². The summed E-state index contributed by atoms with van der Waals surface area (Å²) in [5.74, 6) is 0.211. The van der Waals surface area contributed by atoms with E-state index in [9.17, 15) is 8.42 Å². The summed E-state index contributed by atoms with van der Waals surface area (Å²) >= 11 is 9.71. The van der Waals surface area contributed by atoms with E-state index in [2.05, 4.69) is 28.2 Å². The predicted molar refractivity (Wildman–Crippen MR) is 89.1 cm³/mol. The van der Waals surface area contributed by atoms with Crippen molar-refractivity contribution in [3.8, 4) is 0 Å². The van der Waals surface area contributed by atoms with Gasteiger partial charge < -0.3 is 5.32 Å². The van der Waals surface area contributed by atoms with E-state index in [0.29, 0.717) is 11.4 Å². The molecule has 0 heterocycles. The van der Waals surface area contributed by atoms with Gasteiger partial charge in [-0.15, -0.1) is 0 Å². The summed E-state index contributed by atoms with van der Waals surface area (Å²) in [4.78, 5) is 0. The van der Waals surface area contributed by atoms with E-state index in [-0.39, 0.29) is 11.8 Å². The van der Waals surface area contributed by atoms with Crippen LogP contribution in [0.25, 0.3) is 0 Å². The quantitative estimate of drug-likeness (QED) is 0.740. The molecule has 6 heteroatoms. The van der Waals surface area contributed by atoms with Crippen molar-refractivity contribution in [2.24, 2.45) is 0 Å². The van der Waals surface area contributed by atoms with E-state index in [4.69, 9.17) is 11.6 Å². The van der Waals surface area contributed by atoms with Crippen molar-refractivity contribution >= 4 is 37.4 Å². The molecule has 0 amide bonds. The van der Waals surface area contributed by atoms with E-state index in [1.807, 2.05) is 18.2 Å². The summed E-state index contributed by atoms with van der Waals surface area (Å²) in [6, 6.07) is 5.84. The average Bonchev–Trinajstić information content (AvgIpc) is 2.35. The molecule has 0 aliphatic heterocycles. The first-order valence-electron chi connectivity index (χ1n) is 6.69. The third-order valence-corrected chi connectivity index (χ3v) is 4.85. The summed E-state index contributed by atoms with van der Waals surface area (Å²) in [5.41, 5.74) is 1.02. The molecule has 114 valence electrons. The Morgan fingerprint density at radius 2 is 2.10 bits per heavy atom. The highest BCUT2D eigenvalue weighted by molar-refractivity contribution is 9.10. The van der Waals surface area contributed by atoms with Crippen LogP contribution in [0, 0.1) is 0 Å². The molecule has 0 saturated heterocycles. The number of halogens is 2. The number of hydrogen-bond donors (Lipinski definition) is 1. The molecule has 20 heavy (non-hydrogen) atoms. The van der Waals surface area contributed by atoms with E-state index in [0.717, 1.165) is 29.4 Å². The number of nitrogens with one attached hydrogen (secondary N) is 1. The first-order valence-corrected chi connectivity index (χ1v) is 9.92. The molecule has 0 aliphatic carbocycles. The van der Waals surface area contributed by atoms with E-state index >= 15 is 0 Å². The average molecular weight is 383 g/mol. The highest BCUT2D eigenvalue weighted by Crippen LogP contribution is 2.29. The van der Waals surface area contributed by atoms with Crippen molar-refractivity contribution in [2.75, 3.05) is 18.6 Å². The lowest BCUT2D eigenvalue weighted by Crippen LogP contribution is -2.23. The van der Waals surface area contributed by atoms with Crippen molar-refractivity contribution in [3.05, 3.63) is 33.3 Å². The van der Waals surface area contributed by atoms with E-state index in [1.54, 1.807) is 0 Å². The highest BCUT2D eigenvalue weighted by Gasteiger charge is 2.15. The zero-order valence-electron chi connectivity index (χ0n) is 11.8. The van der Waals surface area contributed by atoms with Crippen LogP contribution in [0.2, 0.25) is 5.02 Å². The van der Waals surface area contributed by atoms with Crippen molar-refractivity contribution in [1.29, 1.82) is 0 Å². The van der Waals surface area contributed by atoms with Gasteiger partial charge >= 0.3 is 0 Å². The number of sulfone groups is 1. The fourth-order valence-corrected chi connectivity index (χ4v) is 3.34. The third kappa shape index (κ3) is 6.57. The number of hydrogen-bond acceptors (Lipinski definition) is 3. The smallest absolute Gasteiger partial charge is 0.147 e. The van der Waals surface area contributed by atoms with Gasteiger partial charge in [0.15, 0.2) is 0 Å². The van der Waals surface area contributed by atoms with Gasteiger partial charge in [-0.2, -0.15) is 0 Å². The Bertz CT molecular complexity index is 534. The molecule has 0 radical (unpaired) electrons. The van der Waals surface area contributed by atoms with Crippen molar-refractivity contribution in [2.45, 2.75) is 32.2 Å². The zero-order chi connectivity index (χ0) is 15.2. The van der Waals surface area contributed by atoms with E-state index in [1.165, 1.54) is 6.26 Å². The highest BCUT2D eigenvalue weighted by atomic mass is 79.9. The summed E-state index contributed by atoms with van der Waals surface area (Å²) in [6.07, 6.45) is 3.67. The summed E-state index contributed by atoms with van der Waals surface area (Å²) in [5, 5.41) is 4.15. The first-order chi connectivity index (χ1) is 9.33. The van der Waals surface area contributed by atoms with Crippen LogP contribution in [0.5, 0.6) is 0 Å². The molecule has 1 rings (SSSR count). The maximum Gasteiger partial charge on any atom is 0.147 e. The summed E-state index contributed by atoms with van der Waals surface area (Å²) < 4.78 is 23.4. The molecular weight excluding hydrogens is 362 g/mol. The molecule has 1 aromatic rings. The largest absolute Gasteiger partial charge is 0.310 e. The Labute approximate surface area is 135 Å². The van der Waals surface area contributed by atoms with Crippen molar-refractivity contribution in [1.82, 2.24) is 5.32 Å². The second-order valence-electron chi connectivity index (χ2n) is 4.94. The monoisotopic (exact) mass is 381 g/mol. The Hall–Kier alpha value is -0.100. The molecule has 1 atom stereocenters. The van der Waals surface area contributed by atoms with Gasteiger partial charge in [-0.05, 0) is 49.6 Å². The van der Waals surface area contributed by atoms with Crippen LogP contribution in [0.15, 0.2) is 22.7 Å². The lowest BCUT2D eigenvalue weighted by Gasteiger charge is -2.20. The molecule has 1 N–H and O–H groups in total. The van der Waals surface area contributed by atoms with Crippen LogP contribution >= 0.6 is 27.5 Å². The van der Waals surface area contributed by atoms with Crippen LogP contribution in [0.1, 0.15) is 37.8 Å². The molecule has 0 aromatic heterocycles. The fourth-order valence-electron chi connectivity index (χ4n) is 2.02. The van der Waals surface area contributed by atoms with Gasteiger partial charge in [-0.25, -0.2) is 8.42 Å². The third-order valence-electron chi connectivity index (χ3n) is 2.98. The molecule has 0 spiro atoms. The van der Waals surface area contributed by atoms with Crippen molar-refractivity contribution in [3.63, 3.8) is 0 Å². The fraction of sp³-hybridized carbons (Fsp3) is 0.571. The standard InChI is InChI=1S/C14H21BrClNO2S/c1-3-8-17-14(5-4-9-20(2,18)19)12-10-11(15)6-7-13(12)16/h6-7,10,14,17H,3-5,8-9H2,1-2H3. The molecule has 1 unspecified atom stereocenters. The maximum absolute atomic E-state index is 11.2. The molecule has 1 aromatic carbocycles. The first kappa shape index (κ1) is 18.0. The maximum atomic E-state index is 11.2. The Morgan fingerprint density at radius 1 is 1.40 bits per heavy atom.